The highest BCUT2D eigenvalue weighted by Gasteiger charge is 2.29. The Kier molecular flexibility index (Phi) is 12.3. The minimum atomic E-state index is -0.252. The number of nitrogens with zero attached hydrogens (tertiary/aromatic N) is 3. The number of hydrogen-bond acceptors (Lipinski definition) is 8. The fraction of sp³-hybridized carbons (Fsp3) is 0.400. The Labute approximate surface area is 318 Å². The number of phenols is 3. The fourth-order valence-electron chi connectivity index (χ4n) is 7.79. The average molecular weight is 731 g/mol. The molecule has 0 saturated heterocycles. The minimum Gasteiger partial charge on any atom is -0.507 e. The van der Waals surface area contributed by atoms with E-state index in [0.29, 0.717) is 34.7 Å². The van der Waals surface area contributed by atoms with Crippen LogP contribution >= 0.6 is 0 Å². The highest BCUT2D eigenvalue weighted by atomic mass is 16.5. The monoisotopic (exact) mass is 730 g/mol. The van der Waals surface area contributed by atoms with Crippen molar-refractivity contribution >= 4 is 5.57 Å². The van der Waals surface area contributed by atoms with Crippen molar-refractivity contribution in [3.8, 4) is 56.7 Å². The summed E-state index contributed by atoms with van der Waals surface area (Å²) in [5.74, 6) is 1.28. The molecular formula is C45H54N4O5. The Morgan fingerprint density at radius 1 is 0.944 bits per heavy atom. The highest BCUT2D eigenvalue weighted by Crippen LogP contribution is 2.50. The molecule has 0 radical (unpaired) electrons. The molecule has 1 aliphatic carbocycles. The molecule has 1 atom stereocenters. The molecule has 2 heterocycles. The van der Waals surface area contributed by atoms with Gasteiger partial charge < -0.3 is 24.6 Å². The van der Waals surface area contributed by atoms with Crippen LogP contribution in [0, 0.1) is 13.8 Å². The van der Waals surface area contributed by atoms with Crippen LogP contribution in [0.4, 0.5) is 0 Å². The van der Waals surface area contributed by atoms with Crippen LogP contribution in [-0.4, -0.2) is 42.3 Å². The summed E-state index contributed by atoms with van der Waals surface area (Å²) in [5, 5.41) is 46.7. The van der Waals surface area contributed by atoms with Crippen LogP contribution in [0.5, 0.6) is 23.0 Å². The summed E-state index contributed by atoms with van der Waals surface area (Å²) in [6.07, 6.45) is 15.7. The summed E-state index contributed by atoms with van der Waals surface area (Å²) in [5.41, 5.74) is 9.72. The number of aryl methyl sites for hydroxylation is 4. The van der Waals surface area contributed by atoms with Crippen LogP contribution in [0.3, 0.4) is 0 Å². The molecule has 0 amide bonds. The SMILES string of the molecule is C=C(C)c1ccc(C)cc1-c1c(OCC2=CC(c3c(O)cc(CCCCC)c(-c4nc(C)no4)c3O)CCC2)cc(CCCCC)c(-c2cn[nH]c2)c1O. The van der Waals surface area contributed by atoms with Gasteiger partial charge in [0.15, 0.2) is 5.82 Å². The number of ether oxygens (including phenoxy) is 1. The smallest absolute Gasteiger partial charge is 0.261 e. The second-order valence-electron chi connectivity index (χ2n) is 14.8. The van der Waals surface area contributed by atoms with Crippen molar-refractivity contribution in [1.29, 1.82) is 0 Å². The van der Waals surface area contributed by atoms with Gasteiger partial charge in [0.25, 0.3) is 5.89 Å². The standard InChI is InChI=1S/C45H54N4O5/c1-7-9-11-15-32-22-37(50)40(44(52)41(32)45-48-29(6)49-54-45)31-17-13-14-30(21-31)26-53-38-23-33(16-12-10-8-2)39(34-24-46-47-25-34)43(51)42(38)36-20-28(5)18-19-35(36)27(3)4/h18-25,31,50-52H,3,7-17,26H2,1-2,4-6H3,(H,46,47). The zero-order valence-corrected chi connectivity index (χ0v) is 32.4. The molecule has 3 aromatic carbocycles. The molecular weight excluding hydrogens is 677 g/mol. The van der Waals surface area contributed by atoms with Crippen LogP contribution in [0.2, 0.25) is 0 Å². The van der Waals surface area contributed by atoms with E-state index in [1.165, 1.54) is 0 Å². The molecule has 9 heteroatoms. The quantitative estimate of drug-likeness (QED) is 0.0581. The van der Waals surface area contributed by atoms with Gasteiger partial charge in [-0.2, -0.15) is 10.1 Å². The molecule has 284 valence electrons. The van der Waals surface area contributed by atoms with E-state index in [4.69, 9.17) is 9.26 Å². The second kappa shape index (κ2) is 17.2. The Hall–Kier alpha value is -5.31. The first-order valence-corrected chi connectivity index (χ1v) is 19.5. The van der Waals surface area contributed by atoms with Gasteiger partial charge in [-0.05, 0) is 106 Å². The van der Waals surface area contributed by atoms with Crippen LogP contribution < -0.4 is 4.74 Å². The number of H-pyrrole nitrogens is 1. The van der Waals surface area contributed by atoms with Gasteiger partial charge in [-0.3, -0.25) is 5.10 Å². The lowest BCUT2D eigenvalue weighted by molar-refractivity contribution is 0.340. The van der Waals surface area contributed by atoms with Gasteiger partial charge in [0.1, 0.15) is 29.6 Å². The van der Waals surface area contributed by atoms with Gasteiger partial charge >= 0.3 is 0 Å². The number of phenolic OH excluding ortho intramolecular Hbond substituents is 3. The van der Waals surface area contributed by atoms with Gasteiger partial charge in [0.2, 0.25) is 0 Å². The highest BCUT2D eigenvalue weighted by molar-refractivity contribution is 5.92. The van der Waals surface area contributed by atoms with Crippen molar-refractivity contribution in [2.24, 2.45) is 0 Å². The Morgan fingerprint density at radius 2 is 1.69 bits per heavy atom. The maximum absolute atomic E-state index is 12.3. The Balaban J connectivity index is 1.41. The number of aromatic hydroxyl groups is 3. The molecule has 5 aromatic rings. The Bertz CT molecular complexity index is 2130. The van der Waals surface area contributed by atoms with E-state index in [2.05, 4.69) is 71.1 Å². The average Bonchev–Trinajstić information content (AvgIpc) is 3.83. The van der Waals surface area contributed by atoms with Crippen molar-refractivity contribution in [3.63, 3.8) is 0 Å². The van der Waals surface area contributed by atoms with Gasteiger partial charge in [-0.25, -0.2) is 0 Å². The number of aromatic amines is 1. The van der Waals surface area contributed by atoms with E-state index >= 15 is 0 Å². The summed E-state index contributed by atoms with van der Waals surface area (Å²) < 4.78 is 12.3. The lowest BCUT2D eigenvalue weighted by Gasteiger charge is -2.26. The number of hydrogen-bond donors (Lipinski definition) is 4. The lowest BCUT2D eigenvalue weighted by Crippen LogP contribution is -2.11. The molecule has 0 bridgehead atoms. The van der Waals surface area contributed by atoms with Gasteiger partial charge in [0, 0.05) is 28.8 Å². The molecule has 0 spiro atoms. The lowest BCUT2D eigenvalue weighted by atomic mass is 9.82. The first kappa shape index (κ1) is 38.4. The van der Waals surface area contributed by atoms with Crippen LogP contribution in [0.25, 0.3) is 39.3 Å². The van der Waals surface area contributed by atoms with Crippen molar-refractivity contribution in [3.05, 3.63) is 94.6 Å². The molecule has 2 aromatic heterocycles. The van der Waals surface area contributed by atoms with Crippen LogP contribution in [0.1, 0.15) is 118 Å². The van der Waals surface area contributed by atoms with E-state index in [1.807, 2.05) is 20.0 Å². The topological polar surface area (TPSA) is 138 Å². The number of aromatic nitrogens is 4. The van der Waals surface area contributed by atoms with Crippen LogP contribution in [0.15, 0.2) is 65.5 Å². The number of rotatable bonds is 16. The number of allylic oxidation sites excluding steroid dienone is 2. The van der Waals surface area contributed by atoms with Gasteiger partial charge in [0.05, 0.1) is 17.3 Å². The van der Waals surface area contributed by atoms with Crippen molar-refractivity contribution in [1.82, 2.24) is 20.3 Å². The van der Waals surface area contributed by atoms with Crippen molar-refractivity contribution in [2.75, 3.05) is 6.61 Å². The summed E-state index contributed by atoms with van der Waals surface area (Å²) >= 11 is 0. The zero-order valence-electron chi connectivity index (χ0n) is 32.4. The molecule has 0 aliphatic heterocycles. The van der Waals surface area contributed by atoms with Gasteiger partial charge in [-0.1, -0.05) is 86.7 Å². The van der Waals surface area contributed by atoms with E-state index in [-0.39, 0.29) is 35.7 Å². The minimum absolute atomic E-state index is 0.0147. The first-order chi connectivity index (χ1) is 26.1. The van der Waals surface area contributed by atoms with E-state index < -0.39 is 0 Å². The van der Waals surface area contributed by atoms with E-state index in [1.54, 1.807) is 19.2 Å². The molecule has 0 fully saturated rings. The third-order valence-electron chi connectivity index (χ3n) is 10.5. The first-order valence-electron chi connectivity index (χ1n) is 19.5. The maximum atomic E-state index is 12.3. The van der Waals surface area contributed by atoms with E-state index in [9.17, 15) is 15.3 Å². The molecule has 1 unspecified atom stereocenters. The second-order valence-corrected chi connectivity index (χ2v) is 14.8. The third kappa shape index (κ3) is 8.25. The predicted molar refractivity (Wildman–Crippen MR) is 215 cm³/mol. The summed E-state index contributed by atoms with van der Waals surface area (Å²) in [6, 6.07) is 10.0. The largest absolute Gasteiger partial charge is 0.507 e. The predicted octanol–water partition coefficient (Wildman–Crippen LogP) is 11.3. The molecule has 1 aliphatic rings. The summed E-state index contributed by atoms with van der Waals surface area (Å²) in [6.45, 7) is 14.6. The molecule has 54 heavy (non-hydrogen) atoms. The number of nitrogens with one attached hydrogen (secondary N) is 1. The number of benzene rings is 3. The van der Waals surface area contributed by atoms with Crippen molar-refractivity contribution < 1.29 is 24.6 Å². The van der Waals surface area contributed by atoms with Crippen molar-refractivity contribution in [2.45, 2.75) is 111 Å². The summed E-state index contributed by atoms with van der Waals surface area (Å²) in [4.78, 5) is 4.45. The van der Waals surface area contributed by atoms with E-state index in [0.717, 1.165) is 114 Å². The number of unbranched alkanes of at least 4 members (excludes halogenated alkanes) is 4. The Morgan fingerprint density at radius 3 is 2.33 bits per heavy atom. The zero-order chi connectivity index (χ0) is 38.4. The maximum Gasteiger partial charge on any atom is 0.261 e. The normalized spacial score (nSPS) is 14.3. The fourth-order valence-corrected chi connectivity index (χ4v) is 7.79. The molecule has 9 nitrogen and oxygen atoms in total. The molecule has 0 saturated carbocycles. The summed E-state index contributed by atoms with van der Waals surface area (Å²) in [7, 11) is 0. The molecule has 6 rings (SSSR count). The van der Waals surface area contributed by atoms with Gasteiger partial charge in [-0.15, -0.1) is 0 Å². The molecule has 4 N–H and O–H groups in total. The van der Waals surface area contributed by atoms with Crippen LogP contribution in [-0.2, 0) is 12.8 Å². The third-order valence-corrected chi connectivity index (χ3v) is 10.5.